The summed E-state index contributed by atoms with van der Waals surface area (Å²) in [5.74, 6) is -0.338. The van der Waals surface area contributed by atoms with E-state index >= 15 is 0 Å². The minimum Gasteiger partial charge on any atom is -0.378 e. The van der Waals surface area contributed by atoms with E-state index < -0.39 is 0 Å². The summed E-state index contributed by atoms with van der Waals surface area (Å²) in [4.78, 5) is 24.1. The van der Waals surface area contributed by atoms with Crippen LogP contribution in [0.2, 0.25) is 0 Å². The van der Waals surface area contributed by atoms with Gasteiger partial charge in [0, 0.05) is 26.1 Å². The zero-order chi connectivity index (χ0) is 15.8. The predicted molar refractivity (Wildman–Crippen MR) is 91.9 cm³/mol. The van der Waals surface area contributed by atoms with E-state index in [-0.39, 0.29) is 30.3 Å². The molecule has 1 aromatic carbocycles. The Morgan fingerprint density at radius 1 is 1.30 bits per heavy atom. The van der Waals surface area contributed by atoms with Gasteiger partial charge in [0.25, 0.3) is 5.91 Å². The topological polar surface area (TPSA) is 93.5 Å². The number of halogens is 1. The van der Waals surface area contributed by atoms with Gasteiger partial charge in [-0.25, -0.2) is 0 Å². The third kappa shape index (κ3) is 6.17. The van der Waals surface area contributed by atoms with E-state index in [1.165, 1.54) is 0 Å². The largest absolute Gasteiger partial charge is 0.378 e. The monoisotopic (exact) mass is 341 g/mol. The van der Waals surface area contributed by atoms with Crippen LogP contribution in [0, 0.1) is 0 Å². The van der Waals surface area contributed by atoms with Crippen LogP contribution >= 0.6 is 12.4 Å². The molecule has 0 aromatic heterocycles. The maximum absolute atomic E-state index is 12.0. The molecule has 0 spiro atoms. The van der Waals surface area contributed by atoms with Gasteiger partial charge in [-0.3, -0.25) is 9.59 Å². The van der Waals surface area contributed by atoms with Crippen molar-refractivity contribution in [3.8, 4) is 0 Å². The van der Waals surface area contributed by atoms with E-state index in [1.807, 2.05) is 0 Å². The molecule has 1 fully saturated rings. The van der Waals surface area contributed by atoms with E-state index in [0.29, 0.717) is 37.2 Å². The number of hydrogen-bond acceptors (Lipinski definition) is 4. The lowest BCUT2D eigenvalue weighted by Crippen LogP contribution is -2.30. The van der Waals surface area contributed by atoms with Gasteiger partial charge in [-0.2, -0.15) is 0 Å². The molecule has 7 heteroatoms. The lowest BCUT2D eigenvalue weighted by Gasteiger charge is -2.12. The highest BCUT2D eigenvalue weighted by molar-refractivity contribution is 6.03. The zero-order valence-electron chi connectivity index (χ0n) is 13.0. The number of amides is 2. The van der Waals surface area contributed by atoms with Crippen LogP contribution in [0.4, 0.5) is 5.69 Å². The molecule has 2 rings (SSSR count). The Morgan fingerprint density at radius 2 is 2.09 bits per heavy atom. The summed E-state index contributed by atoms with van der Waals surface area (Å²) in [6.07, 6.45) is 3.38. The summed E-state index contributed by atoms with van der Waals surface area (Å²) in [7, 11) is 0. The van der Waals surface area contributed by atoms with Crippen molar-refractivity contribution in [3.05, 3.63) is 29.8 Å². The Labute approximate surface area is 142 Å². The van der Waals surface area contributed by atoms with E-state index in [1.54, 1.807) is 24.3 Å². The molecular weight excluding hydrogens is 318 g/mol. The number of benzene rings is 1. The number of anilines is 1. The van der Waals surface area contributed by atoms with Crippen LogP contribution in [0.1, 0.15) is 36.0 Å². The summed E-state index contributed by atoms with van der Waals surface area (Å²) < 4.78 is 5.50. The minimum atomic E-state index is -0.236. The first-order chi connectivity index (χ1) is 10.7. The van der Waals surface area contributed by atoms with Crippen LogP contribution in [0.5, 0.6) is 0 Å². The molecule has 1 unspecified atom stereocenters. The van der Waals surface area contributed by atoms with Gasteiger partial charge in [0.2, 0.25) is 5.91 Å². The van der Waals surface area contributed by atoms with Crippen LogP contribution in [0.3, 0.4) is 0 Å². The molecule has 4 N–H and O–H groups in total. The summed E-state index contributed by atoms with van der Waals surface area (Å²) in [5.41, 5.74) is 6.34. The average molecular weight is 342 g/mol. The number of nitrogens with two attached hydrogens (primary N) is 1. The molecule has 128 valence electrons. The molecule has 1 aromatic rings. The highest BCUT2D eigenvalue weighted by atomic mass is 35.5. The van der Waals surface area contributed by atoms with Crippen LogP contribution in [0.15, 0.2) is 24.3 Å². The van der Waals surface area contributed by atoms with E-state index in [2.05, 4.69) is 10.6 Å². The molecule has 1 aliphatic heterocycles. The Hall–Kier alpha value is -1.63. The molecule has 0 radical (unpaired) electrons. The normalized spacial score (nSPS) is 16.5. The van der Waals surface area contributed by atoms with Crippen molar-refractivity contribution in [1.29, 1.82) is 0 Å². The van der Waals surface area contributed by atoms with Crippen molar-refractivity contribution in [2.75, 3.05) is 25.0 Å². The second-order valence-corrected chi connectivity index (χ2v) is 5.31. The molecule has 2 amide bonds. The Morgan fingerprint density at radius 3 is 2.78 bits per heavy atom. The number of carbonyl (C=O) groups excluding carboxylic acids is 2. The maximum Gasteiger partial charge on any atom is 0.253 e. The van der Waals surface area contributed by atoms with Crippen molar-refractivity contribution in [2.45, 2.75) is 31.8 Å². The first-order valence-corrected chi connectivity index (χ1v) is 7.69. The average Bonchev–Trinajstić information content (AvgIpc) is 3.04. The van der Waals surface area contributed by atoms with Crippen LogP contribution < -0.4 is 16.4 Å². The van der Waals surface area contributed by atoms with Crippen molar-refractivity contribution < 1.29 is 14.3 Å². The van der Waals surface area contributed by atoms with Gasteiger partial charge in [0.05, 0.1) is 17.4 Å². The third-order valence-electron chi connectivity index (χ3n) is 3.59. The number of hydrogen-bond donors (Lipinski definition) is 3. The maximum atomic E-state index is 12.0. The van der Waals surface area contributed by atoms with Crippen LogP contribution in [-0.2, 0) is 9.53 Å². The standard InChI is InChI=1S/C16H23N3O3.ClH/c17-9-10-18-16(21)13-5-1-2-6-14(13)19-15(20)8-7-12-4-3-11-22-12;/h1-2,5-6,12H,3-4,7-11,17H2,(H,18,21)(H,19,20);1H. The number of para-hydroxylation sites is 1. The first-order valence-electron chi connectivity index (χ1n) is 7.69. The fourth-order valence-corrected chi connectivity index (χ4v) is 2.45. The van der Waals surface area contributed by atoms with Crippen LogP contribution in [-0.4, -0.2) is 37.6 Å². The summed E-state index contributed by atoms with van der Waals surface area (Å²) in [5, 5.41) is 5.51. The lowest BCUT2D eigenvalue weighted by atomic mass is 10.1. The number of rotatable bonds is 7. The Kier molecular flexibility index (Phi) is 8.61. The second kappa shape index (κ2) is 10.2. The zero-order valence-corrected chi connectivity index (χ0v) is 13.9. The second-order valence-electron chi connectivity index (χ2n) is 5.31. The lowest BCUT2D eigenvalue weighted by molar-refractivity contribution is -0.116. The van der Waals surface area contributed by atoms with E-state index in [4.69, 9.17) is 10.5 Å². The van der Waals surface area contributed by atoms with Crippen molar-refractivity contribution >= 4 is 29.9 Å². The van der Waals surface area contributed by atoms with Crippen LogP contribution in [0.25, 0.3) is 0 Å². The molecule has 0 saturated carbocycles. The van der Waals surface area contributed by atoms with Gasteiger partial charge in [0.15, 0.2) is 0 Å². The number of ether oxygens (including phenoxy) is 1. The van der Waals surface area contributed by atoms with E-state index in [0.717, 1.165) is 19.4 Å². The summed E-state index contributed by atoms with van der Waals surface area (Å²) >= 11 is 0. The fourth-order valence-electron chi connectivity index (χ4n) is 2.45. The smallest absolute Gasteiger partial charge is 0.253 e. The SMILES string of the molecule is Cl.NCCNC(=O)c1ccccc1NC(=O)CCC1CCCO1. The highest BCUT2D eigenvalue weighted by Gasteiger charge is 2.17. The predicted octanol–water partition coefficient (Wildman–Crippen LogP) is 1.69. The van der Waals surface area contributed by atoms with Gasteiger partial charge in [-0.15, -0.1) is 12.4 Å². The Balaban J connectivity index is 0.00000264. The summed E-state index contributed by atoms with van der Waals surface area (Å²) in [6, 6.07) is 6.96. The molecule has 1 saturated heterocycles. The molecular formula is C16H24ClN3O3. The van der Waals surface area contributed by atoms with Gasteiger partial charge < -0.3 is 21.1 Å². The number of carbonyl (C=O) groups is 2. The molecule has 6 nitrogen and oxygen atoms in total. The minimum absolute atomic E-state index is 0. The third-order valence-corrected chi connectivity index (χ3v) is 3.59. The highest BCUT2D eigenvalue weighted by Crippen LogP contribution is 2.19. The molecule has 1 aliphatic rings. The van der Waals surface area contributed by atoms with Crippen molar-refractivity contribution in [3.63, 3.8) is 0 Å². The first kappa shape index (κ1) is 19.4. The fraction of sp³-hybridized carbons (Fsp3) is 0.500. The molecule has 0 aliphatic carbocycles. The molecule has 1 heterocycles. The quantitative estimate of drug-likeness (QED) is 0.703. The van der Waals surface area contributed by atoms with Crippen molar-refractivity contribution in [1.82, 2.24) is 5.32 Å². The van der Waals surface area contributed by atoms with Gasteiger partial charge in [-0.05, 0) is 31.4 Å². The van der Waals surface area contributed by atoms with E-state index in [9.17, 15) is 9.59 Å². The van der Waals surface area contributed by atoms with Gasteiger partial charge >= 0.3 is 0 Å². The molecule has 1 atom stereocenters. The summed E-state index contributed by atoms with van der Waals surface area (Å²) in [6.45, 7) is 1.57. The van der Waals surface area contributed by atoms with Crippen molar-refractivity contribution in [2.24, 2.45) is 5.73 Å². The molecule has 23 heavy (non-hydrogen) atoms. The molecule has 0 bridgehead atoms. The Bertz CT molecular complexity index is 519. The van der Waals surface area contributed by atoms with Gasteiger partial charge in [0.1, 0.15) is 0 Å². The van der Waals surface area contributed by atoms with Gasteiger partial charge in [-0.1, -0.05) is 12.1 Å². The number of nitrogens with one attached hydrogen (secondary N) is 2.